The number of anilines is 1. The number of imidazole rings is 1. The van der Waals surface area contributed by atoms with Gasteiger partial charge in [0.25, 0.3) is 0 Å². The molecule has 0 aromatic carbocycles. The van der Waals surface area contributed by atoms with Crippen molar-refractivity contribution in [2.45, 2.75) is 6.54 Å². The molecule has 0 spiro atoms. The van der Waals surface area contributed by atoms with Gasteiger partial charge in [0.1, 0.15) is 11.3 Å². The van der Waals surface area contributed by atoms with Crippen LogP contribution in [0.15, 0.2) is 35.8 Å². The Morgan fingerprint density at radius 3 is 2.56 bits per heavy atom. The maximum absolute atomic E-state index is 6.01. The number of ether oxygens (including phenoxy) is 2. The van der Waals surface area contributed by atoms with Crippen molar-refractivity contribution in [2.75, 3.05) is 46.3 Å². The predicted molar refractivity (Wildman–Crippen MR) is 102 cm³/mol. The van der Waals surface area contributed by atoms with Crippen LogP contribution in [-0.4, -0.2) is 54.8 Å². The van der Waals surface area contributed by atoms with E-state index in [1.54, 1.807) is 25.6 Å². The Hall–Kier alpha value is -1.93. The zero-order valence-corrected chi connectivity index (χ0v) is 15.5. The minimum atomic E-state index is 0.678. The maximum Gasteiger partial charge on any atom is 0.137 e. The highest BCUT2D eigenvalue weighted by Gasteiger charge is 2.18. The number of aromatic nitrogens is 2. The standard InChI is InChI=1S/C18H24N4O2S/c1-23-9-7-21(8-10-24-2)13-15-18(16-4-3-11-25-16)20-17-6-5-14(19)12-22(15)17/h3-6,11-12H,7-10,13,19H2,1-2H3. The molecule has 0 atom stereocenters. The van der Waals surface area contributed by atoms with Gasteiger partial charge in [-0.2, -0.15) is 0 Å². The van der Waals surface area contributed by atoms with Crippen molar-refractivity contribution in [3.8, 4) is 10.6 Å². The van der Waals surface area contributed by atoms with Gasteiger partial charge in [0.15, 0.2) is 0 Å². The van der Waals surface area contributed by atoms with E-state index in [0.717, 1.165) is 47.2 Å². The lowest BCUT2D eigenvalue weighted by molar-refractivity contribution is 0.109. The van der Waals surface area contributed by atoms with Crippen molar-refractivity contribution in [2.24, 2.45) is 0 Å². The monoisotopic (exact) mass is 360 g/mol. The molecule has 0 unspecified atom stereocenters. The van der Waals surface area contributed by atoms with Crippen molar-refractivity contribution < 1.29 is 9.47 Å². The zero-order chi connectivity index (χ0) is 17.6. The summed E-state index contributed by atoms with van der Waals surface area (Å²) in [5, 5.41) is 2.07. The second-order valence-electron chi connectivity index (χ2n) is 5.84. The van der Waals surface area contributed by atoms with Crippen molar-refractivity contribution in [3.05, 3.63) is 41.5 Å². The first-order chi connectivity index (χ1) is 12.2. The Bertz CT molecular complexity index is 793. The van der Waals surface area contributed by atoms with Gasteiger partial charge in [-0.1, -0.05) is 6.07 Å². The fourth-order valence-electron chi connectivity index (χ4n) is 2.79. The van der Waals surface area contributed by atoms with Crippen LogP contribution in [0.2, 0.25) is 0 Å². The lowest BCUT2D eigenvalue weighted by atomic mass is 10.2. The molecule has 0 fully saturated rings. The lowest BCUT2D eigenvalue weighted by Crippen LogP contribution is -2.31. The van der Waals surface area contributed by atoms with E-state index in [9.17, 15) is 0 Å². The Labute approximate surface area is 151 Å². The molecule has 0 radical (unpaired) electrons. The first-order valence-corrected chi connectivity index (χ1v) is 9.11. The molecule has 25 heavy (non-hydrogen) atoms. The molecule has 3 aromatic rings. The first kappa shape index (κ1) is 17.9. The summed E-state index contributed by atoms with van der Waals surface area (Å²) in [5.41, 5.74) is 9.80. The van der Waals surface area contributed by atoms with E-state index >= 15 is 0 Å². The highest BCUT2D eigenvalue weighted by molar-refractivity contribution is 7.13. The van der Waals surface area contributed by atoms with E-state index in [1.807, 2.05) is 18.3 Å². The SMILES string of the molecule is COCCN(CCOC)Cc1c(-c2cccs2)nc2ccc(N)cn12. The van der Waals surface area contributed by atoms with Gasteiger partial charge in [0, 0.05) is 45.7 Å². The summed E-state index contributed by atoms with van der Waals surface area (Å²) in [6.45, 7) is 3.77. The summed E-state index contributed by atoms with van der Waals surface area (Å²) in [6.07, 6.45) is 1.94. The smallest absolute Gasteiger partial charge is 0.137 e. The van der Waals surface area contributed by atoms with Crippen LogP contribution in [0, 0.1) is 0 Å². The van der Waals surface area contributed by atoms with Crippen LogP contribution in [0.1, 0.15) is 5.69 Å². The fraction of sp³-hybridized carbons (Fsp3) is 0.389. The summed E-state index contributed by atoms with van der Waals surface area (Å²) in [7, 11) is 3.45. The van der Waals surface area contributed by atoms with Crippen molar-refractivity contribution in [3.63, 3.8) is 0 Å². The van der Waals surface area contributed by atoms with Crippen molar-refractivity contribution in [1.29, 1.82) is 0 Å². The first-order valence-electron chi connectivity index (χ1n) is 8.23. The summed E-state index contributed by atoms with van der Waals surface area (Å²) < 4.78 is 12.6. The van der Waals surface area contributed by atoms with Crippen LogP contribution in [0.3, 0.4) is 0 Å². The highest BCUT2D eigenvalue weighted by atomic mass is 32.1. The van der Waals surface area contributed by atoms with Crippen LogP contribution in [0.4, 0.5) is 5.69 Å². The average molecular weight is 360 g/mol. The molecule has 2 N–H and O–H groups in total. The van der Waals surface area contributed by atoms with Crippen LogP contribution in [0.5, 0.6) is 0 Å². The molecule has 3 rings (SSSR count). The van der Waals surface area contributed by atoms with E-state index in [4.69, 9.17) is 20.2 Å². The second kappa shape index (κ2) is 8.44. The number of rotatable bonds is 9. The third kappa shape index (κ3) is 4.19. The van der Waals surface area contributed by atoms with E-state index in [1.165, 1.54) is 0 Å². The van der Waals surface area contributed by atoms with Crippen molar-refractivity contribution >= 4 is 22.7 Å². The van der Waals surface area contributed by atoms with Crippen LogP contribution in [0.25, 0.3) is 16.2 Å². The normalized spacial score (nSPS) is 11.6. The quantitative estimate of drug-likeness (QED) is 0.636. The number of nitrogens with zero attached hydrogens (tertiary/aromatic N) is 3. The summed E-state index contributed by atoms with van der Waals surface area (Å²) in [4.78, 5) is 8.32. The van der Waals surface area contributed by atoms with Crippen LogP contribution < -0.4 is 5.73 Å². The number of hydrogen-bond donors (Lipinski definition) is 1. The van der Waals surface area contributed by atoms with Gasteiger partial charge in [0.2, 0.25) is 0 Å². The average Bonchev–Trinajstić information content (AvgIpc) is 3.25. The number of methoxy groups -OCH3 is 2. The molecule has 0 aliphatic rings. The number of nitrogens with two attached hydrogens (primary N) is 1. The molecule has 0 saturated carbocycles. The third-order valence-electron chi connectivity index (χ3n) is 4.09. The minimum absolute atomic E-state index is 0.678. The number of hydrogen-bond acceptors (Lipinski definition) is 6. The van der Waals surface area contributed by atoms with Gasteiger partial charge in [-0.25, -0.2) is 4.98 Å². The summed E-state index contributed by atoms with van der Waals surface area (Å²) >= 11 is 1.70. The molecule has 6 nitrogen and oxygen atoms in total. The van der Waals surface area contributed by atoms with E-state index in [-0.39, 0.29) is 0 Å². The molecule has 0 bridgehead atoms. The van der Waals surface area contributed by atoms with Crippen LogP contribution in [-0.2, 0) is 16.0 Å². The molecule has 0 saturated heterocycles. The molecule has 3 aromatic heterocycles. The van der Waals surface area contributed by atoms with Gasteiger partial charge >= 0.3 is 0 Å². The fourth-order valence-corrected chi connectivity index (χ4v) is 3.53. The van der Waals surface area contributed by atoms with E-state index < -0.39 is 0 Å². The van der Waals surface area contributed by atoms with Gasteiger partial charge in [-0.3, -0.25) is 9.30 Å². The highest BCUT2D eigenvalue weighted by Crippen LogP contribution is 2.29. The van der Waals surface area contributed by atoms with Crippen LogP contribution >= 0.6 is 11.3 Å². The number of fused-ring (bicyclic) bond motifs is 1. The van der Waals surface area contributed by atoms with Gasteiger partial charge in [-0.05, 0) is 23.6 Å². The van der Waals surface area contributed by atoms with Crippen molar-refractivity contribution in [1.82, 2.24) is 14.3 Å². The second-order valence-corrected chi connectivity index (χ2v) is 6.78. The summed E-state index contributed by atoms with van der Waals surface area (Å²) in [5.74, 6) is 0. The van der Waals surface area contributed by atoms with Gasteiger partial charge in [-0.15, -0.1) is 11.3 Å². The molecule has 0 aliphatic carbocycles. The maximum atomic E-state index is 6.01. The molecule has 0 amide bonds. The minimum Gasteiger partial charge on any atom is -0.398 e. The number of nitrogen functional groups attached to an aromatic ring is 1. The lowest BCUT2D eigenvalue weighted by Gasteiger charge is -2.22. The Morgan fingerprint density at radius 1 is 1.16 bits per heavy atom. The Balaban J connectivity index is 1.99. The Morgan fingerprint density at radius 2 is 1.92 bits per heavy atom. The molecule has 7 heteroatoms. The van der Waals surface area contributed by atoms with E-state index in [2.05, 4.69) is 26.8 Å². The number of pyridine rings is 1. The largest absolute Gasteiger partial charge is 0.398 e. The molecule has 0 aliphatic heterocycles. The van der Waals surface area contributed by atoms with E-state index in [0.29, 0.717) is 13.2 Å². The molecular weight excluding hydrogens is 336 g/mol. The topological polar surface area (TPSA) is 65.0 Å². The molecule has 134 valence electrons. The number of thiophene rings is 1. The Kier molecular flexibility index (Phi) is 6.04. The predicted octanol–water partition coefficient (Wildman–Crippen LogP) is 2.74. The molecule has 3 heterocycles. The third-order valence-corrected chi connectivity index (χ3v) is 4.97. The van der Waals surface area contributed by atoms with Gasteiger partial charge < -0.3 is 15.2 Å². The molecular formula is C18H24N4O2S. The van der Waals surface area contributed by atoms with Gasteiger partial charge in [0.05, 0.1) is 23.8 Å². The summed E-state index contributed by atoms with van der Waals surface area (Å²) in [6, 6.07) is 8.01. The zero-order valence-electron chi connectivity index (χ0n) is 14.6.